The summed E-state index contributed by atoms with van der Waals surface area (Å²) in [5.41, 5.74) is 1.47. The van der Waals surface area contributed by atoms with Gasteiger partial charge < -0.3 is 9.79 Å². The van der Waals surface area contributed by atoms with Gasteiger partial charge >= 0.3 is 7.60 Å². The second kappa shape index (κ2) is 6.53. The second-order valence-corrected chi connectivity index (χ2v) is 6.54. The van der Waals surface area contributed by atoms with Gasteiger partial charge in [-0.25, -0.2) is 0 Å². The summed E-state index contributed by atoms with van der Waals surface area (Å²) in [6.45, 7) is 0.374. The molecule has 1 atom stereocenters. The third-order valence-electron chi connectivity index (χ3n) is 2.86. The molecule has 6 heteroatoms. The summed E-state index contributed by atoms with van der Waals surface area (Å²) in [6.07, 6.45) is 0. The molecule has 3 N–H and O–H groups in total. The zero-order valence-electron chi connectivity index (χ0n) is 10.6. The van der Waals surface area contributed by atoms with Crippen LogP contribution in [0.4, 0.5) is 0 Å². The van der Waals surface area contributed by atoms with Gasteiger partial charge in [0.05, 0.1) is 0 Å². The highest BCUT2D eigenvalue weighted by atomic mass is 35.5. The highest BCUT2D eigenvalue weighted by molar-refractivity contribution is 7.52. The molecule has 4 nitrogen and oxygen atoms in total. The number of benzene rings is 2. The van der Waals surface area contributed by atoms with E-state index in [4.69, 9.17) is 11.6 Å². The highest BCUT2D eigenvalue weighted by Crippen LogP contribution is 2.50. The van der Waals surface area contributed by atoms with Gasteiger partial charge in [0.1, 0.15) is 5.78 Å². The standard InChI is InChI=1S/C14H15ClNO3P/c15-13-8-6-12(7-9-13)14(20(17,18)19)16-10-11-4-2-1-3-5-11/h1-9,14,16H,10H2,(H2,17,18,19). The lowest BCUT2D eigenvalue weighted by molar-refractivity contribution is 0.347. The summed E-state index contributed by atoms with van der Waals surface area (Å²) in [6, 6.07) is 15.9. The smallest absolute Gasteiger partial charge is 0.323 e. The monoisotopic (exact) mass is 311 g/mol. The number of halogens is 1. The Morgan fingerprint density at radius 1 is 1.05 bits per heavy atom. The summed E-state index contributed by atoms with van der Waals surface area (Å²) in [7, 11) is -4.30. The Hall–Kier alpha value is -1.16. The summed E-state index contributed by atoms with van der Waals surface area (Å²) >= 11 is 5.79. The lowest BCUT2D eigenvalue weighted by Gasteiger charge is -2.20. The molecule has 0 bridgehead atoms. The van der Waals surface area contributed by atoms with Gasteiger partial charge in [0.25, 0.3) is 0 Å². The summed E-state index contributed by atoms with van der Waals surface area (Å²) < 4.78 is 11.6. The van der Waals surface area contributed by atoms with Gasteiger partial charge in [-0.05, 0) is 23.3 Å². The Kier molecular flexibility index (Phi) is 4.97. The molecule has 0 saturated heterocycles. The van der Waals surface area contributed by atoms with Gasteiger partial charge in [-0.3, -0.25) is 9.88 Å². The molecule has 0 aliphatic rings. The molecule has 2 rings (SSSR count). The van der Waals surface area contributed by atoms with Crippen molar-refractivity contribution in [3.63, 3.8) is 0 Å². The van der Waals surface area contributed by atoms with Gasteiger partial charge in [-0.15, -0.1) is 0 Å². The highest BCUT2D eigenvalue weighted by Gasteiger charge is 2.29. The van der Waals surface area contributed by atoms with Crippen molar-refractivity contribution in [1.29, 1.82) is 0 Å². The Morgan fingerprint density at radius 3 is 2.20 bits per heavy atom. The van der Waals surface area contributed by atoms with Crippen LogP contribution in [-0.4, -0.2) is 9.79 Å². The fraction of sp³-hybridized carbons (Fsp3) is 0.143. The van der Waals surface area contributed by atoms with Crippen molar-refractivity contribution < 1.29 is 14.4 Å². The van der Waals surface area contributed by atoms with Crippen LogP contribution in [0.1, 0.15) is 16.9 Å². The van der Waals surface area contributed by atoms with Crippen LogP contribution < -0.4 is 5.32 Å². The molecular formula is C14H15ClNO3P. The number of hydrogen-bond acceptors (Lipinski definition) is 2. The molecule has 0 spiro atoms. The molecule has 106 valence electrons. The molecule has 2 aromatic carbocycles. The number of hydrogen-bond donors (Lipinski definition) is 3. The van der Waals surface area contributed by atoms with E-state index in [1.165, 1.54) is 0 Å². The third kappa shape index (κ3) is 4.17. The Morgan fingerprint density at radius 2 is 1.65 bits per heavy atom. The predicted octanol–water partition coefficient (Wildman–Crippen LogP) is 3.31. The van der Waals surface area contributed by atoms with E-state index in [1.807, 2.05) is 30.3 Å². The quantitative estimate of drug-likeness (QED) is 0.741. The van der Waals surface area contributed by atoms with E-state index >= 15 is 0 Å². The van der Waals surface area contributed by atoms with Crippen molar-refractivity contribution in [1.82, 2.24) is 5.32 Å². The maximum absolute atomic E-state index is 11.6. The average molecular weight is 312 g/mol. The average Bonchev–Trinajstić information content (AvgIpc) is 2.41. The predicted molar refractivity (Wildman–Crippen MR) is 79.5 cm³/mol. The Labute approximate surface area is 122 Å². The van der Waals surface area contributed by atoms with Crippen LogP contribution in [0.3, 0.4) is 0 Å². The van der Waals surface area contributed by atoms with E-state index in [9.17, 15) is 14.4 Å². The minimum Gasteiger partial charge on any atom is -0.323 e. The van der Waals surface area contributed by atoms with E-state index in [0.29, 0.717) is 17.1 Å². The van der Waals surface area contributed by atoms with Crippen LogP contribution in [-0.2, 0) is 11.1 Å². The van der Waals surface area contributed by atoms with E-state index < -0.39 is 13.4 Å². The van der Waals surface area contributed by atoms with E-state index in [2.05, 4.69) is 5.32 Å². The van der Waals surface area contributed by atoms with Crippen molar-refractivity contribution >= 4 is 19.2 Å². The van der Waals surface area contributed by atoms with Crippen LogP contribution in [0.5, 0.6) is 0 Å². The van der Waals surface area contributed by atoms with Crippen LogP contribution in [0.2, 0.25) is 5.02 Å². The van der Waals surface area contributed by atoms with Crippen molar-refractivity contribution in [3.05, 3.63) is 70.7 Å². The summed E-state index contributed by atoms with van der Waals surface area (Å²) in [4.78, 5) is 19.0. The van der Waals surface area contributed by atoms with Gasteiger partial charge in [0.15, 0.2) is 0 Å². The maximum atomic E-state index is 11.6. The first-order valence-electron chi connectivity index (χ1n) is 6.05. The van der Waals surface area contributed by atoms with Gasteiger partial charge in [0, 0.05) is 11.6 Å². The SMILES string of the molecule is O=P(O)(O)C(NCc1ccccc1)c1ccc(Cl)cc1. The molecular weight excluding hydrogens is 297 g/mol. The van der Waals surface area contributed by atoms with Crippen molar-refractivity contribution in [2.45, 2.75) is 12.3 Å². The van der Waals surface area contributed by atoms with E-state index in [0.717, 1.165) is 5.56 Å². The van der Waals surface area contributed by atoms with Crippen LogP contribution >= 0.6 is 19.2 Å². The van der Waals surface area contributed by atoms with Crippen molar-refractivity contribution in [3.8, 4) is 0 Å². The fourth-order valence-corrected chi connectivity index (χ4v) is 2.90. The summed E-state index contributed by atoms with van der Waals surface area (Å²) in [5.74, 6) is -1.04. The maximum Gasteiger partial charge on any atom is 0.346 e. The normalized spacial score (nSPS) is 13.2. The molecule has 0 heterocycles. The first-order valence-corrected chi connectivity index (χ1v) is 8.11. The fourth-order valence-electron chi connectivity index (χ4n) is 1.89. The molecule has 0 radical (unpaired) electrons. The first-order chi connectivity index (χ1) is 9.47. The molecule has 0 aliphatic heterocycles. The molecule has 0 aromatic heterocycles. The molecule has 20 heavy (non-hydrogen) atoms. The van der Waals surface area contributed by atoms with Gasteiger partial charge in [-0.1, -0.05) is 54.1 Å². The minimum atomic E-state index is -4.30. The van der Waals surface area contributed by atoms with Gasteiger partial charge in [0.2, 0.25) is 0 Å². The van der Waals surface area contributed by atoms with E-state index in [-0.39, 0.29) is 0 Å². The zero-order chi connectivity index (χ0) is 14.6. The third-order valence-corrected chi connectivity index (χ3v) is 4.27. The van der Waals surface area contributed by atoms with Crippen LogP contribution in [0.25, 0.3) is 0 Å². The Bertz CT molecular complexity index is 598. The van der Waals surface area contributed by atoms with E-state index in [1.54, 1.807) is 24.3 Å². The van der Waals surface area contributed by atoms with Crippen molar-refractivity contribution in [2.24, 2.45) is 0 Å². The largest absolute Gasteiger partial charge is 0.346 e. The first kappa shape index (κ1) is 15.2. The lowest BCUT2D eigenvalue weighted by atomic mass is 10.2. The number of nitrogens with one attached hydrogen (secondary N) is 1. The molecule has 1 unspecified atom stereocenters. The lowest BCUT2D eigenvalue weighted by Crippen LogP contribution is -2.21. The van der Waals surface area contributed by atoms with Crippen LogP contribution in [0, 0.1) is 0 Å². The number of rotatable bonds is 5. The van der Waals surface area contributed by atoms with Gasteiger partial charge in [-0.2, -0.15) is 0 Å². The topological polar surface area (TPSA) is 69.6 Å². The molecule has 0 saturated carbocycles. The Balaban J connectivity index is 2.17. The molecule has 0 aliphatic carbocycles. The molecule has 0 amide bonds. The minimum absolute atomic E-state index is 0.374. The van der Waals surface area contributed by atoms with Crippen LogP contribution in [0.15, 0.2) is 54.6 Å². The zero-order valence-corrected chi connectivity index (χ0v) is 12.3. The second-order valence-electron chi connectivity index (χ2n) is 4.41. The molecule has 2 aromatic rings. The molecule has 0 fully saturated rings. The summed E-state index contributed by atoms with van der Waals surface area (Å²) in [5, 5.41) is 3.43. The van der Waals surface area contributed by atoms with Crippen molar-refractivity contribution in [2.75, 3.05) is 0 Å².